The lowest BCUT2D eigenvalue weighted by molar-refractivity contribution is -0.146. The Labute approximate surface area is 108 Å². The molecule has 0 fully saturated rings. The van der Waals surface area contributed by atoms with Crippen LogP contribution in [0, 0.1) is 6.92 Å². The monoisotopic (exact) mass is 251 g/mol. The Morgan fingerprint density at radius 2 is 2.06 bits per heavy atom. The van der Waals surface area contributed by atoms with Crippen LogP contribution in [-0.4, -0.2) is 18.1 Å². The molecule has 0 bridgehead atoms. The van der Waals surface area contributed by atoms with Gasteiger partial charge in [-0.3, -0.25) is 9.63 Å². The van der Waals surface area contributed by atoms with Crippen molar-refractivity contribution in [2.75, 3.05) is 6.61 Å². The molecule has 1 N–H and O–H groups in total. The van der Waals surface area contributed by atoms with Crippen molar-refractivity contribution in [3.63, 3.8) is 0 Å². The third kappa shape index (κ3) is 6.25. The van der Waals surface area contributed by atoms with Gasteiger partial charge < -0.3 is 4.74 Å². The van der Waals surface area contributed by atoms with Gasteiger partial charge in [0, 0.05) is 0 Å². The highest BCUT2D eigenvalue weighted by molar-refractivity contribution is 5.74. The van der Waals surface area contributed by atoms with Crippen molar-refractivity contribution in [1.29, 1.82) is 0 Å². The van der Waals surface area contributed by atoms with Gasteiger partial charge in [0.15, 0.2) is 0 Å². The Balaban J connectivity index is 2.23. The SMILES string of the molecule is Cc1cccc(OCCC(=O)NOC(C)(C)C)c1. The van der Waals surface area contributed by atoms with Crippen LogP contribution in [0.3, 0.4) is 0 Å². The molecule has 18 heavy (non-hydrogen) atoms. The second-order valence-corrected chi connectivity index (χ2v) is 5.15. The molecule has 0 atom stereocenters. The first kappa shape index (κ1) is 14.5. The van der Waals surface area contributed by atoms with Gasteiger partial charge in [-0.2, -0.15) is 0 Å². The number of carbonyl (C=O) groups is 1. The smallest absolute Gasteiger partial charge is 0.246 e. The van der Waals surface area contributed by atoms with Crippen molar-refractivity contribution in [3.8, 4) is 5.75 Å². The van der Waals surface area contributed by atoms with E-state index in [1.54, 1.807) is 0 Å². The van der Waals surface area contributed by atoms with Crippen LogP contribution >= 0.6 is 0 Å². The van der Waals surface area contributed by atoms with Crippen molar-refractivity contribution in [2.24, 2.45) is 0 Å². The fourth-order valence-electron chi connectivity index (χ4n) is 1.23. The van der Waals surface area contributed by atoms with E-state index in [-0.39, 0.29) is 17.9 Å². The Morgan fingerprint density at radius 3 is 2.67 bits per heavy atom. The maximum atomic E-state index is 11.4. The first-order valence-corrected chi connectivity index (χ1v) is 6.03. The first-order valence-electron chi connectivity index (χ1n) is 6.03. The molecule has 0 spiro atoms. The van der Waals surface area contributed by atoms with E-state index < -0.39 is 0 Å². The average Bonchev–Trinajstić information content (AvgIpc) is 2.25. The number of ether oxygens (including phenoxy) is 1. The summed E-state index contributed by atoms with van der Waals surface area (Å²) in [5.74, 6) is 0.595. The van der Waals surface area contributed by atoms with E-state index in [4.69, 9.17) is 9.57 Å². The first-order chi connectivity index (χ1) is 8.37. The Bertz CT molecular complexity index is 396. The van der Waals surface area contributed by atoms with Crippen LogP contribution in [0.2, 0.25) is 0 Å². The van der Waals surface area contributed by atoms with Gasteiger partial charge in [0.1, 0.15) is 5.75 Å². The molecular weight excluding hydrogens is 230 g/mol. The van der Waals surface area contributed by atoms with Crippen molar-refractivity contribution in [1.82, 2.24) is 5.48 Å². The van der Waals surface area contributed by atoms with Crippen LogP contribution in [-0.2, 0) is 9.63 Å². The number of hydrogen-bond acceptors (Lipinski definition) is 3. The summed E-state index contributed by atoms with van der Waals surface area (Å²) in [5.41, 5.74) is 3.15. The molecule has 0 aromatic heterocycles. The molecule has 1 rings (SSSR count). The van der Waals surface area contributed by atoms with E-state index in [1.165, 1.54) is 0 Å². The Kier molecular flexibility index (Phi) is 5.16. The molecular formula is C14H21NO3. The third-order valence-electron chi connectivity index (χ3n) is 2.06. The lowest BCUT2D eigenvalue weighted by atomic mass is 10.2. The van der Waals surface area contributed by atoms with E-state index in [0.29, 0.717) is 6.61 Å². The molecule has 100 valence electrons. The number of hydrogen-bond donors (Lipinski definition) is 1. The summed E-state index contributed by atoms with van der Waals surface area (Å²) in [6.07, 6.45) is 0.268. The second-order valence-electron chi connectivity index (χ2n) is 5.15. The van der Waals surface area contributed by atoms with E-state index in [2.05, 4.69) is 5.48 Å². The topological polar surface area (TPSA) is 47.6 Å². The van der Waals surface area contributed by atoms with Gasteiger partial charge in [0.25, 0.3) is 0 Å². The van der Waals surface area contributed by atoms with Crippen LogP contribution in [0.25, 0.3) is 0 Å². The highest BCUT2D eigenvalue weighted by Gasteiger charge is 2.12. The lowest BCUT2D eigenvalue weighted by Gasteiger charge is -2.18. The van der Waals surface area contributed by atoms with E-state index in [9.17, 15) is 4.79 Å². The van der Waals surface area contributed by atoms with Crippen molar-refractivity contribution in [2.45, 2.75) is 39.7 Å². The number of rotatable bonds is 5. The van der Waals surface area contributed by atoms with E-state index in [1.807, 2.05) is 52.0 Å². The maximum absolute atomic E-state index is 11.4. The van der Waals surface area contributed by atoms with Gasteiger partial charge >= 0.3 is 0 Å². The fourth-order valence-corrected chi connectivity index (χ4v) is 1.23. The molecule has 0 aliphatic carbocycles. The third-order valence-corrected chi connectivity index (χ3v) is 2.06. The zero-order chi connectivity index (χ0) is 13.6. The molecule has 1 amide bonds. The number of hydroxylamine groups is 1. The highest BCUT2D eigenvalue weighted by atomic mass is 16.7. The fraction of sp³-hybridized carbons (Fsp3) is 0.500. The van der Waals surface area contributed by atoms with Crippen molar-refractivity contribution in [3.05, 3.63) is 29.8 Å². The largest absolute Gasteiger partial charge is 0.493 e. The van der Waals surface area contributed by atoms with Gasteiger partial charge in [0.05, 0.1) is 18.6 Å². The molecule has 0 heterocycles. The van der Waals surface area contributed by atoms with Gasteiger partial charge in [-0.05, 0) is 45.4 Å². The van der Waals surface area contributed by atoms with E-state index in [0.717, 1.165) is 11.3 Å². The predicted molar refractivity (Wildman–Crippen MR) is 70.3 cm³/mol. The van der Waals surface area contributed by atoms with Crippen LogP contribution in [0.15, 0.2) is 24.3 Å². The molecule has 0 radical (unpaired) electrons. The maximum Gasteiger partial charge on any atom is 0.246 e. The summed E-state index contributed by atoms with van der Waals surface area (Å²) in [6, 6.07) is 7.73. The van der Waals surface area contributed by atoms with Crippen molar-refractivity contribution < 1.29 is 14.4 Å². The summed E-state index contributed by atoms with van der Waals surface area (Å²) in [4.78, 5) is 16.6. The van der Waals surface area contributed by atoms with Gasteiger partial charge in [0.2, 0.25) is 5.91 Å². The molecule has 1 aromatic carbocycles. The van der Waals surface area contributed by atoms with Crippen LogP contribution in [0.5, 0.6) is 5.75 Å². The minimum absolute atomic E-state index is 0.183. The Morgan fingerprint density at radius 1 is 1.33 bits per heavy atom. The quantitative estimate of drug-likeness (QED) is 0.818. The molecule has 0 aliphatic rings. The summed E-state index contributed by atoms with van der Waals surface area (Å²) in [7, 11) is 0. The van der Waals surface area contributed by atoms with Gasteiger partial charge in [-0.15, -0.1) is 0 Å². The minimum atomic E-state index is -0.382. The molecule has 0 unspecified atom stereocenters. The molecule has 0 aliphatic heterocycles. The number of nitrogens with one attached hydrogen (secondary N) is 1. The summed E-state index contributed by atoms with van der Waals surface area (Å²) < 4.78 is 5.47. The van der Waals surface area contributed by atoms with Crippen LogP contribution < -0.4 is 10.2 Å². The van der Waals surface area contributed by atoms with Crippen LogP contribution in [0.4, 0.5) is 0 Å². The minimum Gasteiger partial charge on any atom is -0.493 e. The standard InChI is InChI=1S/C14H21NO3/c1-11-6-5-7-12(10-11)17-9-8-13(16)15-18-14(2,3)4/h5-7,10H,8-9H2,1-4H3,(H,15,16). The number of carbonyl (C=O) groups excluding carboxylic acids is 1. The zero-order valence-electron chi connectivity index (χ0n) is 11.4. The Hall–Kier alpha value is -1.55. The predicted octanol–water partition coefficient (Wildman–Crippen LogP) is 2.61. The highest BCUT2D eigenvalue weighted by Crippen LogP contribution is 2.12. The van der Waals surface area contributed by atoms with Crippen LogP contribution in [0.1, 0.15) is 32.8 Å². The number of amides is 1. The van der Waals surface area contributed by atoms with Gasteiger partial charge in [-0.25, -0.2) is 5.48 Å². The second kappa shape index (κ2) is 6.40. The normalized spacial score (nSPS) is 11.1. The molecule has 4 heteroatoms. The molecule has 0 saturated heterocycles. The average molecular weight is 251 g/mol. The zero-order valence-corrected chi connectivity index (χ0v) is 11.4. The summed E-state index contributed by atoms with van der Waals surface area (Å²) in [5, 5.41) is 0. The number of benzene rings is 1. The number of aryl methyl sites for hydroxylation is 1. The lowest BCUT2D eigenvalue weighted by Crippen LogP contribution is -2.34. The molecule has 4 nitrogen and oxygen atoms in total. The molecule has 0 saturated carbocycles. The van der Waals surface area contributed by atoms with E-state index >= 15 is 0 Å². The van der Waals surface area contributed by atoms with Crippen molar-refractivity contribution >= 4 is 5.91 Å². The van der Waals surface area contributed by atoms with Gasteiger partial charge in [-0.1, -0.05) is 12.1 Å². The molecule has 1 aromatic rings. The summed E-state index contributed by atoms with van der Waals surface area (Å²) >= 11 is 0. The summed E-state index contributed by atoms with van der Waals surface area (Å²) in [6.45, 7) is 7.95.